The summed E-state index contributed by atoms with van der Waals surface area (Å²) in [7, 11) is -3.79. The highest BCUT2D eigenvalue weighted by Crippen LogP contribution is 2.21. The van der Waals surface area contributed by atoms with Crippen molar-refractivity contribution in [3.63, 3.8) is 0 Å². The molecule has 3 aromatic rings. The van der Waals surface area contributed by atoms with E-state index in [0.717, 1.165) is 37.4 Å². The first-order chi connectivity index (χ1) is 15.4. The topological polar surface area (TPSA) is 104 Å². The van der Waals surface area contributed by atoms with Crippen molar-refractivity contribution in [3.05, 3.63) is 70.2 Å². The number of hydrogen-bond donors (Lipinski definition) is 2. The normalized spacial score (nSPS) is 14.2. The predicted molar refractivity (Wildman–Crippen MR) is 125 cm³/mol. The Kier molecular flexibility index (Phi) is 7.17. The lowest BCUT2D eigenvalue weighted by molar-refractivity contribution is 0.102. The van der Waals surface area contributed by atoms with Crippen LogP contribution < -0.4 is 10.0 Å². The van der Waals surface area contributed by atoms with Gasteiger partial charge in [-0.2, -0.15) is 0 Å². The molecule has 1 aliphatic rings. The highest BCUT2D eigenvalue weighted by Gasteiger charge is 2.21. The zero-order chi connectivity index (χ0) is 22.6. The first-order valence-electron chi connectivity index (χ1n) is 10.1. The van der Waals surface area contributed by atoms with Crippen molar-refractivity contribution in [3.8, 4) is 0 Å². The summed E-state index contributed by atoms with van der Waals surface area (Å²) in [6.45, 7) is 2.95. The number of benzene rings is 2. The van der Waals surface area contributed by atoms with E-state index in [-0.39, 0.29) is 9.47 Å². The molecule has 32 heavy (non-hydrogen) atoms. The van der Waals surface area contributed by atoms with E-state index in [2.05, 4.69) is 43.3 Å². The van der Waals surface area contributed by atoms with Gasteiger partial charge in [0.05, 0.1) is 0 Å². The third kappa shape index (κ3) is 5.70. The SMILES string of the molecule is O=C(Nc1nnc(S(=O)(=O)NCCCN2CCc3ccccc3C2)s1)c1ccc(Cl)cc1. The fourth-order valence-corrected chi connectivity index (χ4v) is 5.59. The van der Waals surface area contributed by atoms with Gasteiger partial charge in [0.25, 0.3) is 15.9 Å². The van der Waals surface area contributed by atoms with Crippen LogP contribution in [0.25, 0.3) is 0 Å². The smallest absolute Gasteiger partial charge is 0.269 e. The molecule has 2 aromatic carbocycles. The maximum absolute atomic E-state index is 12.5. The Hall–Kier alpha value is -2.37. The molecule has 2 heterocycles. The average molecular weight is 492 g/mol. The van der Waals surface area contributed by atoms with Gasteiger partial charge in [-0.1, -0.05) is 47.2 Å². The number of aromatic nitrogens is 2. The number of rotatable bonds is 8. The monoisotopic (exact) mass is 491 g/mol. The average Bonchev–Trinajstić information content (AvgIpc) is 3.26. The maximum Gasteiger partial charge on any atom is 0.269 e. The van der Waals surface area contributed by atoms with Gasteiger partial charge in [-0.25, -0.2) is 13.1 Å². The second kappa shape index (κ2) is 10.1. The molecule has 0 radical (unpaired) electrons. The molecule has 0 unspecified atom stereocenters. The summed E-state index contributed by atoms with van der Waals surface area (Å²) in [5.74, 6) is -0.419. The van der Waals surface area contributed by atoms with Crippen LogP contribution in [0.3, 0.4) is 0 Å². The number of halogens is 1. The standard InChI is InChI=1S/C21H22ClN5O3S2/c22-18-8-6-16(7-9-18)19(28)24-20-25-26-21(31-20)32(29,30)23-11-3-12-27-13-10-15-4-1-2-5-17(15)14-27/h1-2,4-9,23H,3,10-14H2,(H,24,25,28). The third-order valence-electron chi connectivity index (χ3n) is 5.12. The third-order valence-corrected chi connectivity index (χ3v) is 8.04. The van der Waals surface area contributed by atoms with Crippen molar-refractivity contribution in [1.29, 1.82) is 0 Å². The van der Waals surface area contributed by atoms with E-state index in [9.17, 15) is 13.2 Å². The van der Waals surface area contributed by atoms with E-state index in [4.69, 9.17) is 11.6 Å². The molecule has 0 atom stereocenters. The Morgan fingerprint density at radius 3 is 2.62 bits per heavy atom. The van der Waals surface area contributed by atoms with Crippen LogP contribution >= 0.6 is 22.9 Å². The summed E-state index contributed by atoms with van der Waals surface area (Å²) in [5, 5.41) is 10.7. The Morgan fingerprint density at radius 2 is 1.84 bits per heavy atom. The molecule has 4 rings (SSSR count). The molecule has 0 fully saturated rings. The molecule has 8 nitrogen and oxygen atoms in total. The van der Waals surface area contributed by atoms with Gasteiger partial charge in [0, 0.05) is 30.2 Å². The fourth-order valence-electron chi connectivity index (χ4n) is 3.46. The van der Waals surface area contributed by atoms with E-state index in [1.165, 1.54) is 11.1 Å². The van der Waals surface area contributed by atoms with Gasteiger partial charge >= 0.3 is 0 Å². The molecule has 11 heteroatoms. The minimum atomic E-state index is -3.79. The van der Waals surface area contributed by atoms with Crippen LogP contribution in [0.1, 0.15) is 27.9 Å². The molecular weight excluding hydrogens is 470 g/mol. The van der Waals surface area contributed by atoms with Crippen LogP contribution in [0, 0.1) is 0 Å². The van der Waals surface area contributed by atoms with Crippen LogP contribution in [0.15, 0.2) is 52.9 Å². The Morgan fingerprint density at radius 1 is 1.09 bits per heavy atom. The Balaban J connectivity index is 1.26. The molecule has 1 amide bonds. The molecule has 0 aliphatic carbocycles. The zero-order valence-corrected chi connectivity index (χ0v) is 19.5. The van der Waals surface area contributed by atoms with E-state index in [1.807, 2.05) is 6.07 Å². The molecule has 0 saturated heterocycles. The number of nitrogens with one attached hydrogen (secondary N) is 2. The molecule has 1 aromatic heterocycles. The van der Waals surface area contributed by atoms with Gasteiger partial charge < -0.3 is 0 Å². The summed E-state index contributed by atoms with van der Waals surface area (Å²) in [6, 6.07) is 14.7. The summed E-state index contributed by atoms with van der Waals surface area (Å²) in [4.78, 5) is 14.6. The van der Waals surface area contributed by atoms with Crippen molar-refractivity contribution in [1.82, 2.24) is 19.8 Å². The van der Waals surface area contributed by atoms with Crippen molar-refractivity contribution in [2.24, 2.45) is 0 Å². The molecule has 168 valence electrons. The van der Waals surface area contributed by atoms with Gasteiger partial charge in [-0.15, -0.1) is 10.2 Å². The molecule has 0 bridgehead atoms. The van der Waals surface area contributed by atoms with Gasteiger partial charge in [0.2, 0.25) is 9.47 Å². The maximum atomic E-state index is 12.5. The van der Waals surface area contributed by atoms with Crippen molar-refractivity contribution in [2.75, 3.05) is 25.0 Å². The second-order valence-electron chi connectivity index (χ2n) is 7.38. The molecule has 1 aliphatic heterocycles. The molecular formula is C21H22ClN5O3S2. The predicted octanol–water partition coefficient (Wildman–Crippen LogP) is 3.17. The number of carbonyl (C=O) groups excluding carboxylic acids is 1. The number of amides is 1. The fraction of sp³-hybridized carbons (Fsp3) is 0.286. The molecule has 0 spiro atoms. The Labute approximate surface area is 195 Å². The van der Waals surface area contributed by atoms with Crippen LogP contribution in [-0.4, -0.2) is 49.1 Å². The van der Waals surface area contributed by atoms with Crippen molar-refractivity contribution < 1.29 is 13.2 Å². The minimum Gasteiger partial charge on any atom is -0.299 e. The van der Waals surface area contributed by atoms with Crippen molar-refractivity contribution >= 4 is 44.0 Å². The number of hydrogen-bond acceptors (Lipinski definition) is 7. The summed E-state index contributed by atoms with van der Waals surface area (Å²) >= 11 is 6.62. The summed E-state index contributed by atoms with van der Waals surface area (Å²) < 4.78 is 27.4. The van der Waals surface area contributed by atoms with Gasteiger partial charge in [-0.05, 0) is 54.8 Å². The van der Waals surface area contributed by atoms with E-state index >= 15 is 0 Å². The van der Waals surface area contributed by atoms with Crippen LogP contribution in [0.2, 0.25) is 5.02 Å². The van der Waals surface area contributed by atoms with Gasteiger partial charge in [0.1, 0.15) is 0 Å². The second-order valence-corrected chi connectivity index (χ2v) is 10.7. The van der Waals surface area contributed by atoms with E-state index < -0.39 is 15.9 Å². The van der Waals surface area contributed by atoms with Gasteiger partial charge in [0.15, 0.2) is 0 Å². The number of anilines is 1. The summed E-state index contributed by atoms with van der Waals surface area (Å²) in [5.41, 5.74) is 3.11. The van der Waals surface area contributed by atoms with Crippen LogP contribution in [-0.2, 0) is 23.0 Å². The first-order valence-corrected chi connectivity index (χ1v) is 12.8. The number of sulfonamides is 1. The lowest BCUT2D eigenvalue weighted by atomic mass is 10.00. The molecule has 0 saturated carbocycles. The van der Waals surface area contributed by atoms with E-state index in [0.29, 0.717) is 23.6 Å². The highest BCUT2D eigenvalue weighted by molar-refractivity contribution is 7.91. The zero-order valence-electron chi connectivity index (χ0n) is 17.1. The van der Waals surface area contributed by atoms with Gasteiger partial charge in [-0.3, -0.25) is 15.0 Å². The Bertz CT molecular complexity index is 1200. The number of nitrogens with zero attached hydrogens (tertiary/aromatic N) is 3. The van der Waals surface area contributed by atoms with Crippen LogP contribution in [0.5, 0.6) is 0 Å². The molecule has 2 N–H and O–H groups in total. The number of carbonyl (C=O) groups is 1. The number of fused-ring (bicyclic) bond motifs is 1. The lowest BCUT2D eigenvalue weighted by Gasteiger charge is -2.28. The lowest BCUT2D eigenvalue weighted by Crippen LogP contribution is -2.33. The van der Waals surface area contributed by atoms with E-state index in [1.54, 1.807) is 24.3 Å². The summed E-state index contributed by atoms with van der Waals surface area (Å²) in [6.07, 6.45) is 1.69. The van der Waals surface area contributed by atoms with Crippen LogP contribution in [0.4, 0.5) is 5.13 Å². The largest absolute Gasteiger partial charge is 0.299 e. The van der Waals surface area contributed by atoms with Crippen molar-refractivity contribution in [2.45, 2.75) is 23.7 Å². The highest BCUT2D eigenvalue weighted by atomic mass is 35.5. The minimum absolute atomic E-state index is 0.109. The first kappa shape index (κ1) is 22.8. The quantitative estimate of drug-likeness (QED) is 0.370.